The predicted octanol–water partition coefficient (Wildman–Crippen LogP) is 1.22. The van der Waals surface area contributed by atoms with E-state index < -0.39 is 33.2 Å². The van der Waals surface area contributed by atoms with Gasteiger partial charge in [-0.05, 0) is 48.0 Å². The smallest absolute Gasteiger partial charge is 0.261 e. The van der Waals surface area contributed by atoms with Crippen LogP contribution in [0.25, 0.3) is 11.3 Å². The minimum atomic E-state index is -3.29. The molecule has 0 aliphatic carbocycles. The number of halogens is 1. The Labute approximate surface area is 137 Å². The average molecular weight is 348 g/mol. The molecule has 8 heteroatoms. The van der Waals surface area contributed by atoms with Crippen molar-refractivity contribution in [2.75, 3.05) is 5.75 Å². The maximum atomic E-state index is 12.9. The Bertz CT molecular complexity index is 978. The van der Waals surface area contributed by atoms with Gasteiger partial charge in [-0.3, -0.25) is 9.59 Å². The number of hydrogen-bond acceptors (Lipinski definition) is 4. The van der Waals surface area contributed by atoms with Gasteiger partial charge in [0.25, 0.3) is 11.5 Å². The number of aromatic nitrogens is 1. The molecular weight excluding hydrogens is 335 g/mol. The van der Waals surface area contributed by atoms with Crippen LogP contribution in [-0.4, -0.2) is 31.1 Å². The van der Waals surface area contributed by atoms with Crippen molar-refractivity contribution in [1.29, 1.82) is 0 Å². The van der Waals surface area contributed by atoms with E-state index in [4.69, 9.17) is 0 Å². The van der Waals surface area contributed by atoms with Crippen molar-refractivity contribution in [2.45, 2.75) is 6.04 Å². The fourth-order valence-electron chi connectivity index (χ4n) is 2.36. The number of pyridine rings is 1. The average Bonchev–Trinajstić information content (AvgIpc) is 2.86. The zero-order valence-corrected chi connectivity index (χ0v) is 13.1. The van der Waals surface area contributed by atoms with Crippen LogP contribution in [0, 0.1) is 5.82 Å². The van der Waals surface area contributed by atoms with Crippen LogP contribution < -0.4 is 10.9 Å². The lowest BCUT2D eigenvalue weighted by Gasteiger charge is -2.10. The first-order valence-electron chi connectivity index (χ1n) is 7.05. The highest BCUT2D eigenvalue weighted by Crippen LogP contribution is 2.16. The van der Waals surface area contributed by atoms with Crippen molar-refractivity contribution in [3.05, 3.63) is 69.6 Å². The van der Waals surface area contributed by atoms with Gasteiger partial charge in [0.15, 0.2) is 9.84 Å². The van der Waals surface area contributed by atoms with Crippen LogP contribution in [0.4, 0.5) is 4.39 Å². The molecule has 1 aliphatic rings. The van der Waals surface area contributed by atoms with Crippen molar-refractivity contribution in [1.82, 2.24) is 10.3 Å². The predicted molar refractivity (Wildman–Crippen MR) is 86.6 cm³/mol. The summed E-state index contributed by atoms with van der Waals surface area (Å²) in [5, 5.41) is 3.53. The molecule has 0 radical (unpaired) electrons. The Morgan fingerprint density at radius 3 is 2.46 bits per heavy atom. The van der Waals surface area contributed by atoms with Gasteiger partial charge in [0.1, 0.15) is 11.4 Å². The second-order valence-corrected chi connectivity index (χ2v) is 7.29. The van der Waals surface area contributed by atoms with Crippen LogP contribution in [0.5, 0.6) is 0 Å². The van der Waals surface area contributed by atoms with E-state index in [9.17, 15) is 22.4 Å². The summed E-state index contributed by atoms with van der Waals surface area (Å²) < 4.78 is 35.6. The molecule has 1 amide bonds. The van der Waals surface area contributed by atoms with E-state index >= 15 is 0 Å². The minimum absolute atomic E-state index is 0.126. The topological polar surface area (TPSA) is 96.1 Å². The van der Waals surface area contributed by atoms with Crippen LogP contribution in [-0.2, 0) is 9.84 Å². The largest absolute Gasteiger partial charge is 0.345 e. The summed E-state index contributed by atoms with van der Waals surface area (Å²) in [6, 6.07) is 7.77. The highest BCUT2D eigenvalue weighted by atomic mass is 32.2. The number of carbonyl (C=O) groups is 1. The summed E-state index contributed by atoms with van der Waals surface area (Å²) >= 11 is 0. The molecule has 2 N–H and O–H groups in total. The van der Waals surface area contributed by atoms with E-state index in [2.05, 4.69) is 10.3 Å². The van der Waals surface area contributed by atoms with Crippen molar-refractivity contribution >= 4 is 15.7 Å². The highest BCUT2D eigenvalue weighted by Gasteiger charge is 2.24. The van der Waals surface area contributed by atoms with E-state index in [0.29, 0.717) is 11.3 Å². The molecule has 1 aromatic heterocycles. The normalized spacial score (nSPS) is 18.5. The first kappa shape index (κ1) is 16.1. The van der Waals surface area contributed by atoms with E-state index in [-0.39, 0.29) is 11.3 Å². The fraction of sp³-hybridized carbons (Fsp3) is 0.125. The molecule has 1 aromatic carbocycles. The third-order valence-corrected chi connectivity index (χ3v) is 4.95. The first-order chi connectivity index (χ1) is 11.3. The molecule has 1 unspecified atom stereocenters. The zero-order chi connectivity index (χ0) is 17.3. The molecular formula is C16H13FN2O4S. The lowest BCUT2D eigenvalue weighted by molar-refractivity contribution is 0.0946. The SMILES string of the molecule is O=C(NC1C=CS(=O)(=O)C1)c1ccc(-c2ccc(F)cc2)[nH]c1=O. The molecule has 3 rings (SSSR count). The van der Waals surface area contributed by atoms with Gasteiger partial charge in [-0.25, -0.2) is 12.8 Å². The number of sulfone groups is 1. The maximum absolute atomic E-state index is 12.9. The third kappa shape index (κ3) is 3.43. The van der Waals surface area contributed by atoms with Crippen LogP contribution in [0.1, 0.15) is 10.4 Å². The summed E-state index contributed by atoms with van der Waals surface area (Å²) in [4.78, 5) is 26.8. The summed E-state index contributed by atoms with van der Waals surface area (Å²) in [6.45, 7) is 0. The highest BCUT2D eigenvalue weighted by molar-refractivity contribution is 7.94. The number of hydrogen-bond donors (Lipinski definition) is 2. The van der Waals surface area contributed by atoms with Gasteiger partial charge in [0.05, 0.1) is 11.8 Å². The number of amides is 1. The summed E-state index contributed by atoms with van der Waals surface area (Å²) in [7, 11) is -3.29. The Kier molecular flexibility index (Phi) is 4.06. The summed E-state index contributed by atoms with van der Waals surface area (Å²) in [5.74, 6) is -1.27. The first-order valence-corrected chi connectivity index (χ1v) is 8.77. The van der Waals surface area contributed by atoms with E-state index in [1.54, 1.807) is 0 Å². The van der Waals surface area contributed by atoms with Gasteiger partial charge in [-0.2, -0.15) is 0 Å². The second-order valence-electron chi connectivity index (χ2n) is 5.36. The van der Waals surface area contributed by atoms with E-state index in [1.807, 2.05) is 0 Å². The number of benzene rings is 1. The maximum Gasteiger partial charge on any atom is 0.261 e. The van der Waals surface area contributed by atoms with Crippen LogP contribution >= 0.6 is 0 Å². The molecule has 0 spiro atoms. The quantitative estimate of drug-likeness (QED) is 0.872. The Morgan fingerprint density at radius 1 is 1.17 bits per heavy atom. The Hall–Kier alpha value is -2.74. The summed E-state index contributed by atoms with van der Waals surface area (Å²) in [5.41, 5.74) is 0.308. The number of H-pyrrole nitrogens is 1. The third-order valence-electron chi connectivity index (χ3n) is 3.56. The molecule has 2 heterocycles. The molecule has 6 nitrogen and oxygen atoms in total. The molecule has 1 atom stereocenters. The second kappa shape index (κ2) is 6.04. The van der Waals surface area contributed by atoms with Crippen molar-refractivity contribution in [3.63, 3.8) is 0 Å². The van der Waals surface area contributed by atoms with Gasteiger partial charge in [-0.15, -0.1) is 0 Å². The van der Waals surface area contributed by atoms with Crippen molar-refractivity contribution in [3.8, 4) is 11.3 Å². The van der Waals surface area contributed by atoms with E-state index in [0.717, 1.165) is 5.41 Å². The number of nitrogens with one attached hydrogen (secondary N) is 2. The van der Waals surface area contributed by atoms with Gasteiger partial charge >= 0.3 is 0 Å². The minimum Gasteiger partial charge on any atom is -0.345 e. The molecule has 0 saturated carbocycles. The number of aromatic amines is 1. The molecule has 124 valence electrons. The zero-order valence-electron chi connectivity index (χ0n) is 12.3. The molecule has 0 bridgehead atoms. The molecule has 0 fully saturated rings. The van der Waals surface area contributed by atoms with Crippen LogP contribution in [0.15, 0.2) is 52.7 Å². The number of carbonyl (C=O) groups excluding carboxylic acids is 1. The number of rotatable bonds is 3. The Morgan fingerprint density at radius 2 is 1.88 bits per heavy atom. The van der Waals surface area contributed by atoms with Crippen molar-refractivity contribution < 1.29 is 17.6 Å². The van der Waals surface area contributed by atoms with Gasteiger partial charge in [0, 0.05) is 11.1 Å². The standard InChI is InChI=1S/C16H13FN2O4S/c17-11-3-1-10(2-4-11)14-6-5-13(16(21)19-14)15(20)18-12-7-8-24(22,23)9-12/h1-8,12H,9H2,(H,18,20)(H,19,21). The van der Waals surface area contributed by atoms with Crippen LogP contribution in [0.3, 0.4) is 0 Å². The van der Waals surface area contributed by atoms with E-state index in [1.165, 1.54) is 42.5 Å². The lowest BCUT2D eigenvalue weighted by Crippen LogP contribution is -2.38. The fourth-order valence-corrected chi connectivity index (χ4v) is 3.60. The lowest BCUT2D eigenvalue weighted by atomic mass is 10.1. The summed E-state index contributed by atoms with van der Waals surface area (Å²) in [6.07, 6.45) is 1.37. The van der Waals surface area contributed by atoms with Gasteiger partial charge in [-0.1, -0.05) is 0 Å². The molecule has 2 aromatic rings. The molecule has 24 heavy (non-hydrogen) atoms. The molecule has 1 aliphatic heterocycles. The van der Waals surface area contributed by atoms with Gasteiger partial charge in [0.2, 0.25) is 0 Å². The monoisotopic (exact) mass is 348 g/mol. The molecule has 0 saturated heterocycles. The van der Waals surface area contributed by atoms with Gasteiger partial charge < -0.3 is 10.3 Å². The van der Waals surface area contributed by atoms with Crippen molar-refractivity contribution in [2.24, 2.45) is 0 Å². The van der Waals surface area contributed by atoms with Crippen LogP contribution in [0.2, 0.25) is 0 Å². The Balaban J connectivity index is 1.80.